The topological polar surface area (TPSA) is 44.4 Å². The summed E-state index contributed by atoms with van der Waals surface area (Å²) in [6, 6.07) is 1.20. The zero-order chi connectivity index (χ0) is 13.7. The molecular weight excluding hydrogens is 238 g/mol. The number of nitrogens with one attached hydrogen (secondary N) is 2. The molecule has 19 heavy (non-hydrogen) atoms. The van der Waals surface area contributed by atoms with Gasteiger partial charge in [0.25, 0.3) is 0 Å². The minimum atomic E-state index is 0.0630. The number of carbonyl (C=O) groups is 1. The van der Waals surface area contributed by atoms with Crippen molar-refractivity contribution in [3.63, 3.8) is 0 Å². The largest absolute Gasteiger partial charge is 0.355 e. The molecule has 1 aliphatic heterocycles. The van der Waals surface area contributed by atoms with Gasteiger partial charge in [-0.3, -0.25) is 9.69 Å². The number of carbonyl (C=O) groups excluding carboxylic acids is 1. The van der Waals surface area contributed by atoms with Crippen LogP contribution >= 0.6 is 0 Å². The maximum Gasteiger partial charge on any atom is 0.237 e. The van der Waals surface area contributed by atoms with Crippen LogP contribution in [0.25, 0.3) is 0 Å². The van der Waals surface area contributed by atoms with Crippen LogP contribution in [0.2, 0.25) is 0 Å². The number of rotatable bonds is 4. The van der Waals surface area contributed by atoms with E-state index in [1.165, 1.54) is 32.1 Å². The third kappa shape index (κ3) is 3.69. The van der Waals surface area contributed by atoms with Gasteiger partial charge >= 0.3 is 0 Å². The van der Waals surface area contributed by atoms with Crippen molar-refractivity contribution in [2.24, 2.45) is 0 Å². The summed E-state index contributed by atoms with van der Waals surface area (Å²) in [5, 5.41) is 6.28. The molecule has 0 aromatic carbocycles. The van der Waals surface area contributed by atoms with E-state index in [1.807, 2.05) is 7.05 Å². The molecule has 2 fully saturated rings. The van der Waals surface area contributed by atoms with Crippen molar-refractivity contribution >= 4 is 5.91 Å². The van der Waals surface area contributed by atoms with E-state index in [0.717, 1.165) is 25.9 Å². The SMILES string of the molecule is CNCCC1C(=O)NCCC(C)N1C1CCCCC1. The lowest BCUT2D eigenvalue weighted by Gasteiger charge is -2.41. The molecule has 2 aliphatic rings. The maximum atomic E-state index is 12.3. The smallest absolute Gasteiger partial charge is 0.237 e. The van der Waals surface area contributed by atoms with Crippen molar-refractivity contribution in [2.75, 3.05) is 20.1 Å². The summed E-state index contributed by atoms with van der Waals surface area (Å²) in [6.07, 6.45) is 8.57. The standard InChI is InChI=1S/C15H29N3O/c1-12-8-11-17-15(19)14(9-10-16-2)18(12)13-6-4-3-5-7-13/h12-14,16H,3-11H2,1-2H3,(H,17,19). The summed E-state index contributed by atoms with van der Waals surface area (Å²) in [4.78, 5) is 14.9. The Morgan fingerprint density at radius 1 is 1.26 bits per heavy atom. The van der Waals surface area contributed by atoms with Crippen LogP contribution in [-0.4, -0.2) is 49.1 Å². The molecule has 4 nitrogen and oxygen atoms in total. The Morgan fingerprint density at radius 2 is 2.00 bits per heavy atom. The lowest BCUT2D eigenvalue weighted by atomic mass is 9.91. The van der Waals surface area contributed by atoms with Crippen LogP contribution in [0.4, 0.5) is 0 Å². The molecule has 2 atom stereocenters. The highest BCUT2D eigenvalue weighted by Crippen LogP contribution is 2.28. The molecule has 0 bridgehead atoms. The second kappa shape index (κ2) is 7.25. The normalized spacial score (nSPS) is 30.9. The van der Waals surface area contributed by atoms with Crippen LogP contribution in [0.15, 0.2) is 0 Å². The molecule has 1 heterocycles. The van der Waals surface area contributed by atoms with Crippen molar-refractivity contribution < 1.29 is 4.79 Å². The van der Waals surface area contributed by atoms with Crippen molar-refractivity contribution in [1.29, 1.82) is 0 Å². The van der Waals surface area contributed by atoms with Gasteiger partial charge in [0.1, 0.15) is 0 Å². The second-order valence-corrected chi connectivity index (χ2v) is 6.08. The molecule has 2 rings (SSSR count). The Bertz CT molecular complexity index is 289. The zero-order valence-electron chi connectivity index (χ0n) is 12.5. The van der Waals surface area contributed by atoms with Gasteiger partial charge in [0.05, 0.1) is 6.04 Å². The quantitative estimate of drug-likeness (QED) is 0.811. The average molecular weight is 267 g/mol. The van der Waals surface area contributed by atoms with Gasteiger partial charge in [-0.2, -0.15) is 0 Å². The van der Waals surface area contributed by atoms with E-state index in [2.05, 4.69) is 22.5 Å². The highest BCUT2D eigenvalue weighted by atomic mass is 16.2. The van der Waals surface area contributed by atoms with Gasteiger partial charge in [-0.1, -0.05) is 19.3 Å². The molecule has 0 aromatic rings. The molecule has 1 saturated carbocycles. The third-order valence-corrected chi connectivity index (χ3v) is 4.70. The minimum absolute atomic E-state index is 0.0630. The van der Waals surface area contributed by atoms with Crippen molar-refractivity contribution in [3.8, 4) is 0 Å². The van der Waals surface area contributed by atoms with E-state index in [9.17, 15) is 4.79 Å². The summed E-state index contributed by atoms with van der Waals surface area (Å²) in [5.41, 5.74) is 0. The molecule has 1 saturated heterocycles. The maximum absolute atomic E-state index is 12.3. The fourth-order valence-corrected chi connectivity index (χ4v) is 3.67. The van der Waals surface area contributed by atoms with E-state index < -0.39 is 0 Å². The monoisotopic (exact) mass is 267 g/mol. The molecule has 110 valence electrons. The van der Waals surface area contributed by atoms with Crippen molar-refractivity contribution in [1.82, 2.24) is 15.5 Å². The first-order valence-electron chi connectivity index (χ1n) is 7.93. The van der Waals surface area contributed by atoms with E-state index in [0.29, 0.717) is 12.1 Å². The van der Waals surface area contributed by atoms with E-state index >= 15 is 0 Å². The van der Waals surface area contributed by atoms with E-state index in [4.69, 9.17) is 0 Å². The zero-order valence-corrected chi connectivity index (χ0v) is 12.5. The highest BCUT2D eigenvalue weighted by molar-refractivity contribution is 5.82. The first-order valence-corrected chi connectivity index (χ1v) is 7.93. The van der Waals surface area contributed by atoms with Crippen LogP contribution in [0.1, 0.15) is 51.9 Å². The van der Waals surface area contributed by atoms with Crippen LogP contribution in [0.3, 0.4) is 0 Å². The Morgan fingerprint density at radius 3 is 2.68 bits per heavy atom. The summed E-state index contributed by atoms with van der Waals surface area (Å²) >= 11 is 0. The molecule has 4 heteroatoms. The Balaban J connectivity index is 2.12. The molecule has 2 unspecified atom stereocenters. The van der Waals surface area contributed by atoms with Gasteiger partial charge in [0.15, 0.2) is 0 Å². The molecule has 1 amide bonds. The van der Waals surface area contributed by atoms with Crippen molar-refractivity contribution in [2.45, 2.75) is 70.0 Å². The fraction of sp³-hybridized carbons (Fsp3) is 0.933. The molecule has 1 aliphatic carbocycles. The van der Waals surface area contributed by atoms with Crippen molar-refractivity contribution in [3.05, 3.63) is 0 Å². The first-order chi connectivity index (χ1) is 9.24. The van der Waals surface area contributed by atoms with Crippen LogP contribution in [0, 0.1) is 0 Å². The summed E-state index contributed by atoms with van der Waals surface area (Å²) < 4.78 is 0. The van der Waals surface area contributed by atoms with Gasteiger partial charge in [0, 0.05) is 18.6 Å². The number of hydrogen-bond acceptors (Lipinski definition) is 3. The molecule has 2 N–H and O–H groups in total. The Hall–Kier alpha value is -0.610. The second-order valence-electron chi connectivity index (χ2n) is 6.08. The summed E-state index contributed by atoms with van der Waals surface area (Å²) in [5.74, 6) is 0.241. The van der Waals surface area contributed by atoms with Crippen LogP contribution in [0.5, 0.6) is 0 Å². The summed E-state index contributed by atoms with van der Waals surface area (Å²) in [6.45, 7) is 4.04. The molecular formula is C15H29N3O. The third-order valence-electron chi connectivity index (χ3n) is 4.70. The van der Waals surface area contributed by atoms with E-state index in [1.54, 1.807) is 0 Å². The highest BCUT2D eigenvalue weighted by Gasteiger charge is 2.36. The fourth-order valence-electron chi connectivity index (χ4n) is 3.67. The number of amides is 1. The summed E-state index contributed by atoms with van der Waals surface area (Å²) in [7, 11) is 1.96. The van der Waals surface area contributed by atoms with Crippen LogP contribution < -0.4 is 10.6 Å². The lowest BCUT2D eigenvalue weighted by Crippen LogP contribution is -2.53. The molecule has 0 spiro atoms. The Labute approximate surface area is 117 Å². The predicted molar refractivity (Wildman–Crippen MR) is 78.1 cm³/mol. The first kappa shape index (κ1) is 14.8. The van der Waals surface area contributed by atoms with Gasteiger partial charge < -0.3 is 10.6 Å². The molecule has 0 aromatic heterocycles. The van der Waals surface area contributed by atoms with Crippen LogP contribution in [-0.2, 0) is 4.79 Å². The number of hydrogen-bond donors (Lipinski definition) is 2. The lowest BCUT2D eigenvalue weighted by molar-refractivity contribution is -0.127. The predicted octanol–water partition coefficient (Wildman–Crippen LogP) is 1.51. The van der Waals surface area contributed by atoms with Gasteiger partial charge in [-0.05, 0) is 46.2 Å². The van der Waals surface area contributed by atoms with Gasteiger partial charge in [-0.25, -0.2) is 0 Å². The van der Waals surface area contributed by atoms with Gasteiger partial charge in [0.2, 0.25) is 5.91 Å². The average Bonchev–Trinajstić information content (AvgIpc) is 2.56. The van der Waals surface area contributed by atoms with E-state index in [-0.39, 0.29) is 11.9 Å². The molecule has 0 radical (unpaired) electrons. The van der Waals surface area contributed by atoms with Gasteiger partial charge in [-0.15, -0.1) is 0 Å². The number of nitrogens with zero attached hydrogens (tertiary/aromatic N) is 1. The Kier molecular flexibility index (Phi) is 5.64. The minimum Gasteiger partial charge on any atom is -0.355 e.